The molecule has 176 valence electrons. The summed E-state index contributed by atoms with van der Waals surface area (Å²) in [6.07, 6.45) is 2.71. The van der Waals surface area contributed by atoms with E-state index in [1.165, 1.54) is 9.80 Å². The van der Waals surface area contributed by atoms with Gasteiger partial charge in [0, 0.05) is 25.9 Å². The van der Waals surface area contributed by atoms with Crippen LogP contribution in [0.1, 0.15) is 52.4 Å². The van der Waals surface area contributed by atoms with E-state index in [-0.39, 0.29) is 59.5 Å². The Labute approximate surface area is 206 Å². The van der Waals surface area contributed by atoms with Gasteiger partial charge < -0.3 is 9.47 Å². The number of hydrogen-bond acceptors (Lipinski definition) is 10. The maximum atomic E-state index is 12.9. The van der Waals surface area contributed by atoms with E-state index in [0.29, 0.717) is 34.7 Å². The first-order valence-electron chi connectivity index (χ1n) is 10.4. The average Bonchev–Trinajstić information content (AvgIpc) is 3.20. The second-order valence-corrected chi connectivity index (χ2v) is 10.2. The van der Waals surface area contributed by atoms with Crippen molar-refractivity contribution in [3.8, 4) is 0 Å². The summed E-state index contributed by atoms with van der Waals surface area (Å²) in [5.41, 5.74) is 0. The van der Waals surface area contributed by atoms with Gasteiger partial charge >= 0.3 is 11.9 Å². The lowest BCUT2D eigenvalue weighted by molar-refractivity contribution is -0.144. The molecule has 32 heavy (non-hydrogen) atoms. The summed E-state index contributed by atoms with van der Waals surface area (Å²) in [5.74, 6) is -1.33. The molecule has 0 spiro atoms. The quantitative estimate of drug-likeness (QED) is 0.217. The topological polar surface area (TPSA) is 93.2 Å². The van der Waals surface area contributed by atoms with E-state index in [2.05, 4.69) is 0 Å². The Bertz CT molecular complexity index is 763. The first-order valence-corrected chi connectivity index (χ1v) is 12.9. The third-order valence-corrected chi connectivity index (χ3v) is 7.39. The zero-order valence-corrected chi connectivity index (χ0v) is 21.3. The number of thiocarbonyl (C=S) groups is 2. The summed E-state index contributed by atoms with van der Waals surface area (Å²) < 4.78 is 10.7. The molecule has 0 radical (unpaired) electrons. The van der Waals surface area contributed by atoms with Gasteiger partial charge in [0.1, 0.15) is 8.64 Å². The minimum absolute atomic E-state index is 0.190. The molecule has 0 atom stereocenters. The number of amides is 2. The van der Waals surface area contributed by atoms with Gasteiger partial charge in [-0.3, -0.25) is 29.0 Å². The van der Waals surface area contributed by atoms with Gasteiger partial charge in [-0.25, -0.2) is 0 Å². The zero-order valence-electron chi connectivity index (χ0n) is 18.0. The molecule has 2 fully saturated rings. The van der Waals surface area contributed by atoms with Crippen molar-refractivity contribution in [1.82, 2.24) is 9.80 Å². The number of esters is 2. The smallest absolute Gasteiger partial charge is 0.305 e. The van der Waals surface area contributed by atoms with E-state index in [9.17, 15) is 19.2 Å². The van der Waals surface area contributed by atoms with E-state index in [4.69, 9.17) is 33.9 Å². The Morgan fingerprint density at radius 2 is 1.16 bits per heavy atom. The minimum Gasteiger partial charge on any atom is -0.466 e. The molecule has 0 unspecified atom stereocenters. The summed E-state index contributed by atoms with van der Waals surface area (Å²) in [7, 11) is 0. The summed E-state index contributed by atoms with van der Waals surface area (Å²) in [6.45, 7) is 5.13. The van der Waals surface area contributed by atoms with Crippen LogP contribution in [0.3, 0.4) is 0 Å². The van der Waals surface area contributed by atoms with E-state index in [1.54, 1.807) is 0 Å². The van der Waals surface area contributed by atoms with E-state index in [1.807, 2.05) is 13.8 Å². The van der Waals surface area contributed by atoms with Gasteiger partial charge in [0.05, 0.1) is 23.0 Å². The molecule has 2 aliphatic heterocycles. The second kappa shape index (κ2) is 13.3. The van der Waals surface area contributed by atoms with Crippen LogP contribution in [0.4, 0.5) is 0 Å². The maximum absolute atomic E-state index is 12.9. The molecule has 2 aliphatic rings. The van der Waals surface area contributed by atoms with Crippen molar-refractivity contribution in [3.05, 3.63) is 9.81 Å². The van der Waals surface area contributed by atoms with Crippen molar-refractivity contribution in [1.29, 1.82) is 0 Å². The molecule has 0 N–H and O–H groups in total. The van der Waals surface area contributed by atoms with Crippen LogP contribution in [0.5, 0.6) is 0 Å². The van der Waals surface area contributed by atoms with Gasteiger partial charge in [-0.15, -0.1) is 0 Å². The first-order chi connectivity index (χ1) is 15.3. The predicted octanol–water partition coefficient (Wildman–Crippen LogP) is 3.39. The van der Waals surface area contributed by atoms with Crippen molar-refractivity contribution >= 4 is 80.4 Å². The average molecular weight is 519 g/mol. The first kappa shape index (κ1) is 26.7. The number of carbonyl (C=O) groups is 4. The number of hydrogen-bond donors (Lipinski definition) is 0. The van der Waals surface area contributed by atoms with Gasteiger partial charge in [0.15, 0.2) is 0 Å². The zero-order chi connectivity index (χ0) is 23.7. The molecule has 2 rings (SSSR count). The third kappa shape index (κ3) is 7.26. The Morgan fingerprint density at radius 1 is 0.781 bits per heavy atom. The molecule has 0 aromatic rings. The summed E-state index contributed by atoms with van der Waals surface area (Å²) in [5, 5.41) is 0. The lowest BCUT2D eigenvalue weighted by atomic mass is 10.3. The fourth-order valence-electron chi connectivity index (χ4n) is 2.79. The summed E-state index contributed by atoms with van der Waals surface area (Å²) in [4.78, 5) is 52.3. The molecular formula is C20H26N2O6S4. The highest BCUT2D eigenvalue weighted by atomic mass is 32.2. The standard InChI is InChI=1S/C20H26N2O6S4/c1-3-11-27-13(23)7-5-9-21-17(25)15(31-19(21)29)16-18(26)22(20(30)32-16)10-6-8-14(24)28-12-4-2/h3-12H2,1-2H3. The summed E-state index contributed by atoms with van der Waals surface area (Å²) in [6, 6.07) is 0. The van der Waals surface area contributed by atoms with Gasteiger partial charge in [0.25, 0.3) is 11.8 Å². The monoisotopic (exact) mass is 518 g/mol. The Morgan fingerprint density at radius 3 is 1.50 bits per heavy atom. The SMILES string of the molecule is CCCOC(=O)CCCN1C(=O)C(=C2SC(=S)N(CCCC(=O)OCCC)C2=O)SC1=S. The molecule has 0 aliphatic carbocycles. The van der Waals surface area contributed by atoms with E-state index >= 15 is 0 Å². The molecule has 12 heteroatoms. The number of thioether (sulfide) groups is 2. The van der Waals surface area contributed by atoms with Crippen molar-refractivity contribution in [2.45, 2.75) is 52.4 Å². The van der Waals surface area contributed by atoms with Crippen molar-refractivity contribution in [2.75, 3.05) is 26.3 Å². The minimum atomic E-state index is -0.356. The Hall–Kier alpha value is -1.50. The highest BCUT2D eigenvalue weighted by molar-refractivity contribution is 8.29. The molecule has 0 saturated carbocycles. The number of rotatable bonds is 12. The van der Waals surface area contributed by atoms with Crippen LogP contribution in [0.25, 0.3) is 0 Å². The highest BCUT2D eigenvalue weighted by Gasteiger charge is 2.41. The van der Waals surface area contributed by atoms with Crippen LogP contribution in [-0.2, 0) is 28.7 Å². The van der Waals surface area contributed by atoms with Crippen LogP contribution in [0.2, 0.25) is 0 Å². The molecular weight excluding hydrogens is 492 g/mol. The second-order valence-electron chi connectivity index (χ2n) is 6.96. The van der Waals surface area contributed by atoms with E-state index < -0.39 is 0 Å². The highest BCUT2D eigenvalue weighted by Crippen LogP contribution is 2.42. The molecule has 0 bridgehead atoms. The molecule has 0 aromatic heterocycles. The van der Waals surface area contributed by atoms with E-state index in [0.717, 1.165) is 36.4 Å². The van der Waals surface area contributed by atoms with Crippen LogP contribution in [0.15, 0.2) is 9.81 Å². The molecule has 2 saturated heterocycles. The molecule has 8 nitrogen and oxygen atoms in total. The van der Waals surface area contributed by atoms with Crippen LogP contribution in [0, 0.1) is 0 Å². The van der Waals surface area contributed by atoms with Crippen LogP contribution < -0.4 is 0 Å². The lowest BCUT2D eigenvalue weighted by Crippen LogP contribution is -2.31. The lowest BCUT2D eigenvalue weighted by Gasteiger charge is -2.14. The number of nitrogens with zero attached hydrogens (tertiary/aromatic N) is 2. The van der Waals surface area contributed by atoms with Gasteiger partial charge in [-0.1, -0.05) is 61.8 Å². The summed E-state index contributed by atoms with van der Waals surface area (Å²) >= 11 is 12.8. The molecule has 2 heterocycles. The molecule has 0 aromatic carbocycles. The van der Waals surface area contributed by atoms with Crippen LogP contribution in [-0.4, -0.2) is 68.5 Å². The van der Waals surface area contributed by atoms with Crippen molar-refractivity contribution in [3.63, 3.8) is 0 Å². The number of ether oxygens (including phenoxy) is 2. The van der Waals surface area contributed by atoms with Crippen LogP contribution >= 0.6 is 48.0 Å². The normalized spacial score (nSPS) is 18.7. The Kier molecular flexibility index (Phi) is 11.1. The molecule has 2 amide bonds. The fourth-order valence-corrected chi connectivity index (χ4v) is 5.57. The predicted molar refractivity (Wildman–Crippen MR) is 132 cm³/mol. The third-order valence-electron chi connectivity index (χ3n) is 4.36. The number of carbonyl (C=O) groups excluding carboxylic acids is 4. The van der Waals surface area contributed by atoms with Crippen molar-refractivity contribution < 1.29 is 28.7 Å². The van der Waals surface area contributed by atoms with Crippen molar-refractivity contribution in [2.24, 2.45) is 0 Å². The van der Waals surface area contributed by atoms with Gasteiger partial charge in [-0.05, 0) is 25.7 Å². The maximum Gasteiger partial charge on any atom is 0.305 e. The van der Waals surface area contributed by atoms with Gasteiger partial charge in [-0.2, -0.15) is 0 Å². The van der Waals surface area contributed by atoms with Gasteiger partial charge in [0.2, 0.25) is 0 Å². The fraction of sp³-hybridized carbons (Fsp3) is 0.600. The largest absolute Gasteiger partial charge is 0.466 e. The Balaban J connectivity index is 1.93.